The Morgan fingerprint density at radius 1 is 1.28 bits per heavy atom. The molecule has 4 heteroatoms. The first-order chi connectivity index (χ1) is 8.79. The minimum absolute atomic E-state index is 0.173. The second-order valence-electron chi connectivity index (χ2n) is 6.27. The van der Waals surface area contributed by atoms with E-state index in [0.717, 1.165) is 42.0 Å². The van der Waals surface area contributed by atoms with Crippen LogP contribution in [0.5, 0.6) is 0 Å². The van der Waals surface area contributed by atoms with E-state index in [0.29, 0.717) is 5.92 Å². The average molecular weight is 247 g/mol. The summed E-state index contributed by atoms with van der Waals surface area (Å²) in [7, 11) is 0. The minimum atomic E-state index is 0.173. The summed E-state index contributed by atoms with van der Waals surface area (Å²) in [6.07, 6.45) is 4.36. The highest BCUT2D eigenvalue weighted by molar-refractivity contribution is 5.22. The third-order valence-electron chi connectivity index (χ3n) is 5.36. The molecule has 0 amide bonds. The number of fused-ring (bicyclic) bond motifs is 5. The van der Waals surface area contributed by atoms with E-state index in [-0.39, 0.29) is 6.04 Å². The molecule has 1 aromatic heterocycles. The van der Waals surface area contributed by atoms with E-state index in [9.17, 15) is 0 Å². The maximum absolute atomic E-state index is 5.90. The molecule has 0 radical (unpaired) electrons. The second kappa shape index (κ2) is 3.80. The van der Waals surface area contributed by atoms with Gasteiger partial charge in [0.15, 0.2) is 0 Å². The molecule has 4 rings (SSSR count). The molecule has 3 saturated carbocycles. The quantitative estimate of drug-likeness (QED) is 0.888. The van der Waals surface area contributed by atoms with Gasteiger partial charge in [0.25, 0.3) is 0 Å². The summed E-state index contributed by atoms with van der Waals surface area (Å²) in [6, 6.07) is 0.173. The molecule has 0 spiro atoms. The maximum Gasteiger partial charge on any atom is 0.233 e. The largest absolute Gasteiger partial charge is 0.423 e. The third kappa shape index (κ3) is 1.41. The Labute approximate surface area is 108 Å². The molecule has 1 N–H and O–H groups in total. The van der Waals surface area contributed by atoms with Crippen molar-refractivity contribution in [2.75, 3.05) is 6.54 Å². The molecule has 2 bridgehead atoms. The van der Waals surface area contributed by atoms with Gasteiger partial charge in [-0.2, -0.15) is 0 Å². The number of rotatable bonds is 4. The van der Waals surface area contributed by atoms with Crippen LogP contribution in [0.2, 0.25) is 0 Å². The SMILES string of the molecule is CCNC(C)c1nnc(C2C3C4CCC(C4)C23)o1. The Morgan fingerprint density at radius 3 is 2.67 bits per heavy atom. The smallest absolute Gasteiger partial charge is 0.233 e. The Kier molecular flexibility index (Phi) is 2.31. The summed E-state index contributed by atoms with van der Waals surface area (Å²) in [5.41, 5.74) is 0. The molecule has 4 nitrogen and oxygen atoms in total. The Morgan fingerprint density at radius 2 is 2.00 bits per heavy atom. The molecule has 5 atom stereocenters. The van der Waals surface area contributed by atoms with Crippen LogP contribution in [0.25, 0.3) is 0 Å². The fraction of sp³-hybridized carbons (Fsp3) is 0.857. The lowest BCUT2D eigenvalue weighted by atomic mass is 10.0. The van der Waals surface area contributed by atoms with Gasteiger partial charge in [-0.25, -0.2) is 0 Å². The summed E-state index contributed by atoms with van der Waals surface area (Å²) in [5, 5.41) is 11.8. The van der Waals surface area contributed by atoms with Crippen LogP contribution in [-0.4, -0.2) is 16.7 Å². The first kappa shape index (κ1) is 11.0. The predicted molar refractivity (Wildman–Crippen MR) is 66.9 cm³/mol. The summed E-state index contributed by atoms with van der Waals surface area (Å²) < 4.78 is 5.90. The van der Waals surface area contributed by atoms with Crippen LogP contribution in [0.1, 0.15) is 56.9 Å². The molecule has 1 aromatic rings. The number of hydrogen-bond donors (Lipinski definition) is 1. The van der Waals surface area contributed by atoms with Gasteiger partial charge in [0.2, 0.25) is 11.8 Å². The van der Waals surface area contributed by atoms with Crippen molar-refractivity contribution < 1.29 is 4.42 Å². The molecule has 1 heterocycles. The third-order valence-corrected chi connectivity index (χ3v) is 5.36. The van der Waals surface area contributed by atoms with E-state index >= 15 is 0 Å². The highest BCUT2D eigenvalue weighted by Crippen LogP contribution is 2.72. The van der Waals surface area contributed by atoms with Crippen molar-refractivity contribution in [2.45, 2.75) is 45.1 Å². The van der Waals surface area contributed by atoms with Gasteiger partial charge in [-0.15, -0.1) is 10.2 Å². The molecule has 5 unspecified atom stereocenters. The fourth-order valence-corrected chi connectivity index (χ4v) is 4.60. The van der Waals surface area contributed by atoms with Crippen molar-refractivity contribution in [3.05, 3.63) is 11.8 Å². The van der Waals surface area contributed by atoms with Gasteiger partial charge in [-0.05, 0) is 56.4 Å². The number of nitrogens with zero attached hydrogens (tertiary/aromatic N) is 2. The zero-order valence-electron chi connectivity index (χ0n) is 11.1. The first-order valence-electron chi connectivity index (χ1n) is 7.36. The van der Waals surface area contributed by atoms with Crippen LogP contribution < -0.4 is 5.32 Å². The maximum atomic E-state index is 5.90. The Balaban J connectivity index is 1.51. The van der Waals surface area contributed by atoms with Crippen molar-refractivity contribution >= 4 is 0 Å². The summed E-state index contributed by atoms with van der Waals surface area (Å²) in [6.45, 7) is 5.10. The minimum Gasteiger partial charge on any atom is -0.423 e. The average Bonchev–Trinajstić information content (AvgIpc) is 2.80. The zero-order chi connectivity index (χ0) is 12.3. The molecule has 3 aliphatic carbocycles. The summed E-state index contributed by atoms with van der Waals surface area (Å²) >= 11 is 0. The van der Waals surface area contributed by atoms with Crippen LogP contribution >= 0.6 is 0 Å². The van der Waals surface area contributed by atoms with Gasteiger partial charge in [0.05, 0.1) is 6.04 Å². The van der Waals surface area contributed by atoms with Gasteiger partial charge in [0, 0.05) is 5.92 Å². The van der Waals surface area contributed by atoms with Gasteiger partial charge in [-0.1, -0.05) is 6.92 Å². The molecule has 98 valence electrons. The van der Waals surface area contributed by atoms with Crippen LogP contribution in [0.15, 0.2) is 4.42 Å². The van der Waals surface area contributed by atoms with Gasteiger partial charge in [0.1, 0.15) is 0 Å². The summed E-state index contributed by atoms with van der Waals surface area (Å²) in [5.74, 6) is 5.97. The van der Waals surface area contributed by atoms with Crippen LogP contribution in [0.4, 0.5) is 0 Å². The van der Waals surface area contributed by atoms with Crippen molar-refractivity contribution in [3.63, 3.8) is 0 Å². The fourth-order valence-electron chi connectivity index (χ4n) is 4.60. The second-order valence-corrected chi connectivity index (χ2v) is 6.27. The molecular formula is C14H21N3O. The first-order valence-corrected chi connectivity index (χ1v) is 7.36. The van der Waals surface area contributed by atoms with Crippen molar-refractivity contribution in [1.29, 1.82) is 0 Å². The normalized spacial score (nSPS) is 42.0. The monoisotopic (exact) mass is 247 g/mol. The van der Waals surface area contributed by atoms with E-state index in [1.54, 1.807) is 0 Å². The zero-order valence-corrected chi connectivity index (χ0v) is 11.1. The Hall–Kier alpha value is -0.900. The number of aromatic nitrogens is 2. The van der Waals surface area contributed by atoms with Crippen molar-refractivity contribution in [3.8, 4) is 0 Å². The number of hydrogen-bond acceptors (Lipinski definition) is 4. The van der Waals surface area contributed by atoms with Crippen LogP contribution in [-0.2, 0) is 0 Å². The molecular weight excluding hydrogens is 226 g/mol. The van der Waals surface area contributed by atoms with Crippen molar-refractivity contribution in [2.24, 2.45) is 23.7 Å². The lowest BCUT2D eigenvalue weighted by Gasteiger charge is -2.06. The topological polar surface area (TPSA) is 51.0 Å². The molecule has 3 aliphatic rings. The van der Waals surface area contributed by atoms with Gasteiger partial charge in [-0.3, -0.25) is 0 Å². The Bertz CT molecular complexity index is 442. The van der Waals surface area contributed by atoms with E-state index in [1.165, 1.54) is 19.3 Å². The lowest BCUT2D eigenvalue weighted by molar-refractivity contribution is 0.377. The molecule has 0 aliphatic heterocycles. The van der Waals surface area contributed by atoms with Crippen LogP contribution in [0, 0.1) is 23.7 Å². The van der Waals surface area contributed by atoms with Gasteiger partial charge >= 0.3 is 0 Å². The van der Waals surface area contributed by atoms with Crippen LogP contribution in [0.3, 0.4) is 0 Å². The summed E-state index contributed by atoms with van der Waals surface area (Å²) in [4.78, 5) is 0. The molecule has 0 aromatic carbocycles. The van der Waals surface area contributed by atoms with Crippen molar-refractivity contribution in [1.82, 2.24) is 15.5 Å². The molecule has 3 fully saturated rings. The van der Waals surface area contributed by atoms with Gasteiger partial charge < -0.3 is 9.73 Å². The van der Waals surface area contributed by atoms with E-state index < -0.39 is 0 Å². The standard InChI is InChI=1S/C14H21N3O/c1-3-15-7(2)13-16-17-14(18-13)12-10-8-4-5-9(6-8)11(10)12/h7-12,15H,3-6H2,1-2H3. The molecule has 0 saturated heterocycles. The highest BCUT2D eigenvalue weighted by atomic mass is 16.4. The van der Waals surface area contributed by atoms with E-state index in [2.05, 4.69) is 29.4 Å². The molecule has 18 heavy (non-hydrogen) atoms. The number of nitrogens with one attached hydrogen (secondary N) is 1. The lowest BCUT2D eigenvalue weighted by Crippen LogP contribution is -2.17. The predicted octanol–water partition coefficient (Wildman–Crippen LogP) is 2.50. The van der Waals surface area contributed by atoms with E-state index in [4.69, 9.17) is 4.42 Å². The van der Waals surface area contributed by atoms with E-state index in [1.807, 2.05) is 0 Å². The highest BCUT2D eigenvalue weighted by Gasteiger charge is 2.67.